The van der Waals surface area contributed by atoms with E-state index in [1.165, 1.54) is 20.4 Å². The largest absolute Gasteiger partial charge is 0.468 e. The van der Waals surface area contributed by atoms with Crippen LogP contribution in [-0.2, 0) is 14.3 Å². The lowest BCUT2D eigenvalue weighted by molar-refractivity contribution is -0.146. The van der Waals surface area contributed by atoms with E-state index in [0.717, 1.165) is 5.39 Å². The highest BCUT2D eigenvalue weighted by atomic mass is 16.5. The Morgan fingerprint density at radius 2 is 2.06 bits per heavy atom. The second kappa shape index (κ2) is 4.91. The van der Waals surface area contributed by atoms with Crippen LogP contribution in [0.25, 0.3) is 11.0 Å². The predicted molar refractivity (Wildman–Crippen MR) is 65.0 cm³/mol. The molecule has 18 heavy (non-hydrogen) atoms. The van der Waals surface area contributed by atoms with Crippen molar-refractivity contribution in [1.82, 2.24) is 5.32 Å². The number of furan rings is 1. The highest BCUT2D eigenvalue weighted by Gasteiger charge is 2.31. The molecule has 5 nitrogen and oxygen atoms in total. The Balaban J connectivity index is 2.54. The summed E-state index contributed by atoms with van der Waals surface area (Å²) in [5.74, 6) is -2.04. The molecule has 2 rings (SSSR count). The minimum absolute atomic E-state index is 0.423. The number of para-hydroxylation sites is 1. The molecule has 2 aromatic rings. The summed E-state index contributed by atoms with van der Waals surface area (Å²) in [7, 11) is 2.72. The summed E-state index contributed by atoms with van der Waals surface area (Å²) < 4.78 is 10.00. The molecule has 1 heterocycles. The summed E-state index contributed by atoms with van der Waals surface area (Å²) >= 11 is 0. The van der Waals surface area contributed by atoms with Crippen LogP contribution in [0.2, 0.25) is 0 Å². The number of nitrogens with one attached hydrogen (secondary N) is 1. The molecule has 1 N–H and O–H groups in total. The summed E-state index contributed by atoms with van der Waals surface area (Å²) in [6.45, 7) is 0. The normalized spacial score (nSPS) is 12.1. The smallest absolute Gasteiger partial charge is 0.322 e. The quantitative estimate of drug-likeness (QED) is 0.658. The maximum Gasteiger partial charge on any atom is 0.322 e. The first-order chi connectivity index (χ1) is 8.69. The first-order valence-electron chi connectivity index (χ1n) is 5.44. The number of amides is 1. The van der Waals surface area contributed by atoms with Crippen LogP contribution in [0, 0.1) is 0 Å². The Labute approximate surface area is 104 Å². The van der Waals surface area contributed by atoms with Crippen molar-refractivity contribution in [2.24, 2.45) is 0 Å². The molecule has 5 heteroatoms. The van der Waals surface area contributed by atoms with E-state index < -0.39 is 17.8 Å². The lowest BCUT2D eigenvalue weighted by atomic mass is 9.98. The van der Waals surface area contributed by atoms with Crippen LogP contribution < -0.4 is 5.32 Å². The van der Waals surface area contributed by atoms with Gasteiger partial charge in [-0.2, -0.15) is 0 Å². The van der Waals surface area contributed by atoms with Crippen molar-refractivity contribution >= 4 is 22.8 Å². The lowest BCUT2D eigenvalue weighted by Crippen LogP contribution is -2.31. The van der Waals surface area contributed by atoms with E-state index in [9.17, 15) is 9.59 Å². The van der Waals surface area contributed by atoms with Gasteiger partial charge in [0.15, 0.2) is 5.92 Å². The SMILES string of the molecule is CNC(=O)C(C(=O)OC)c1coc2ccccc12. The molecule has 0 aliphatic rings. The Bertz CT molecular complexity index is 571. The van der Waals surface area contributed by atoms with Gasteiger partial charge in [-0.25, -0.2) is 0 Å². The molecule has 0 aliphatic carbocycles. The maximum absolute atomic E-state index is 11.8. The molecule has 0 spiro atoms. The van der Waals surface area contributed by atoms with Gasteiger partial charge in [-0.3, -0.25) is 9.59 Å². The third-order valence-electron chi connectivity index (χ3n) is 2.77. The number of fused-ring (bicyclic) bond motifs is 1. The number of benzene rings is 1. The van der Waals surface area contributed by atoms with Gasteiger partial charge in [-0.1, -0.05) is 18.2 Å². The van der Waals surface area contributed by atoms with Crippen LogP contribution in [0.5, 0.6) is 0 Å². The van der Waals surface area contributed by atoms with Gasteiger partial charge in [0.1, 0.15) is 5.58 Å². The van der Waals surface area contributed by atoms with Gasteiger partial charge >= 0.3 is 5.97 Å². The average Bonchev–Trinajstić information content (AvgIpc) is 2.82. The Morgan fingerprint density at radius 3 is 2.72 bits per heavy atom. The van der Waals surface area contributed by atoms with Crippen LogP contribution in [0.4, 0.5) is 0 Å². The molecular formula is C13H13NO4. The number of methoxy groups -OCH3 is 1. The molecule has 0 bridgehead atoms. The fourth-order valence-electron chi connectivity index (χ4n) is 1.86. The van der Waals surface area contributed by atoms with Gasteiger partial charge in [0.05, 0.1) is 13.4 Å². The number of ether oxygens (including phenoxy) is 1. The van der Waals surface area contributed by atoms with Gasteiger partial charge < -0.3 is 14.5 Å². The fourth-order valence-corrected chi connectivity index (χ4v) is 1.86. The van der Waals surface area contributed by atoms with Crippen molar-refractivity contribution in [3.8, 4) is 0 Å². The number of carbonyl (C=O) groups is 2. The highest BCUT2D eigenvalue weighted by Crippen LogP contribution is 2.28. The average molecular weight is 247 g/mol. The van der Waals surface area contributed by atoms with Gasteiger partial charge in [-0.05, 0) is 6.07 Å². The zero-order valence-electron chi connectivity index (χ0n) is 10.1. The number of hydrogen-bond donors (Lipinski definition) is 1. The molecule has 0 aliphatic heterocycles. The molecular weight excluding hydrogens is 234 g/mol. The first kappa shape index (κ1) is 12.2. The van der Waals surface area contributed by atoms with E-state index in [1.54, 1.807) is 12.1 Å². The van der Waals surface area contributed by atoms with E-state index in [4.69, 9.17) is 4.42 Å². The van der Waals surface area contributed by atoms with Gasteiger partial charge in [0.2, 0.25) is 5.91 Å². The minimum atomic E-state index is -1.01. The van der Waals surface area contributed by atoms with Crippen LogP contribution in [-0.4, -0.2) is 26.0 Å². The Kier molecular flexibility index (Phi) is 3.32. The Morgan fingerprint density at radius 1 is 1.33 bits per heavy atom. The lowest BCUT2D eigenvalue weighted by Gasteiger charge is -2.11. The van der Waals surface area contributed by atoms with E-state index in [2.05, 4.69) is 10.1 Å². The topological polar surface area (TPSA) is 68.5 Å². The van der Waals surface area contributed by atoms with E-state index >= 15 is 0 Å². The van der Waals surface area contributed by atoms with E-state index in [-0.39, 0.29) is 0 Å². The molecule has 94 valence electrons. The second-order valence-corrected chi connectivity index (χ2v) is 3.76. The minimum Gasteiger partial charge on any atom is -0.468 e. The summed E-state index contributed by atoms with van der Waals surface area (Å²) in [5, 5.41) is 3.18. The number of carbonyl (C=O) groups excluding carboxylic acids is 2. The highest BCUT2D eigenvalue weighted by molar-refractivity contribution is 6.06. The van der Waals surface area contributed by atoms with Crippen LogP contribution in [0.1, 0.15) is 11.5 Å². The standard InChI is InChI=1S/C13H13NO4/c1-14-12(15)11(13(16)17-2)9-7-18-10-6-4-3-5-8(9)10/h3-7,11H,1-2H3,(H,14,15). The fraction of sp³-hybridized carbons (Fsp3) is 0.231. The molecule has 0 saturated carbocycles. The molecule has 0 fully saturated rings. The molecule has 0 radical (unpaired) electrons. The second-order valence-electron chi connectivity index (χ2n) is 3.76. The van der Waals surface area contributed by atoms with E-state index in [1.807, 2.05) is 12.1 Å². The van der Waals surface area contributed by atoms with Crippen LogP contribution >= 0.6 is 0 Å². The van der Waals surface area contributed by atoms with Crippen molar-refractivity contribution in [3.05, 3.63) is 36.1 Å². The van der Waals surface area contributed by atoms with Crippen molar-refractivity contribution in [1.29, 1.82) is 0 Å². The van der Waals surface area contributed by atoms with Gasteiger partial charge in [0, 0.05) is 18.0 Å². The third-order valence-corrected chi connectivity index (χ3v) is 2.77. The molecule has 1 aromatic carbocycles. The molecule has 1 amide bonds. The number of esters is 1. The molecule has 0 saturated heterocycles. The number of hydrogen-bond acceptors (Lipinski definition) is 4. The Hall–Kier alpha value is -2.30. The summed E-state index contributed by atoms with van der Waals surface area (Å²) in [6, 6.07) is 7.21. The van der Waals surface area contributed by atoms with Crippen molar-refractivity contribution in [3.63, 3.8) is 0 Å². The molecule has 1 unspecified atom stereocenters. The van der Waals surface area contributed by atoms with Gasteiger partial charge in [-0.15, -0.1) is 0 Å². The first-order valence-corrected chi connectivity index (χ1v) is 5.44. The van der Waals surface area contributed by atoms with Crippen LogP contribution in [0.3, 0.4) is 0 Å². The zero-order chi connectivity index (χ0) is 13.1. The van der Waals surface area contributed by atoms with Crippen molar-refractivity contribution in [2.75, 3.05) is 14.2 Å². The molecule has 1 aromatic heterocycles. The zero-order valence-corrected chi connectivity index (χ0v) is 10.1. The number of rotatable bonds is 3. The van der Waals surface area contributed by atoms with E-state index in [0.29, 0.717) is 11.1 Å². The third kappa shape index (κ3) is 1.95. The summed E-state index contributed by atoms with van der Waals surface area (Å²) in [6.07, 6.45) is 1.42. The van der Waals surface area contributed by atoms with Crippen LogP contribution in [0.15, 0.2) is 34.9 Å². The number of likely N-dealkylation sites (N-methyl/N-ethyl adjacent to an activating group) is 1. The van der Waals surface area contributed by atoms with Crippen molar-refractivity contribution < 1.29 is 18.7 Å². The maximum atomic E-state index is 11.8. The summed E-state index contributed by atoms with van der Waals surface area (Å²) in [4.78, 5) is 23.5. The molecule has 1 atom stereocenters. The predicted octanol–water partition coefficient (Wildman–Crippen LogP) is 1.44. The van der Waals surface area contributed by atoms with Crippen molar-refractivity contribution in [2.45, 2.75) is 5.92 Å². The van der Waals surface area contributed by atoms with Gasteiger partial charge in [0.25, 0.3) is 0 Å². The monoisotopic (exact) mass is 247 g/mol. The summed E-state index contributed by atoms with van der Waals surface area (Å²) in [5.41, 5.74) is 1.14.